The average Bonchev–Trinajstić information content (AvgIpc) is 2.55. The highest BCUT2D eigenvalue weighted by Crippen LogP contribution is 2.24. The van der Waals surface area contributed by atoms with E-state index >= 15 is 0 Å². The van der Waals surface area contributed by atoms with E-state index in [0.29, 0.717) is 12.1 Å². The number of aryl methyl sites for hydroxylation is 1. The maximum Gasteiger partial charge on any atom is 0.163 e. The molecule has 0 aliphatic heterocycles. The van der Waals surface area contributed by atoms with Crippen molar-refractivity contribution in [3.63, 3.8) is 0 Å². The summed E-state index contributed by atoms with van der Waals surface area (Å²) >= 11 is 0. The molecule has 22 heavy (non-hydrogen) atoms. The highest BCUT2D eigenvalue weighted by atomic mass is 16.5. The summed E-state index contributed by atoms with van der Waals surface area (Å²) in [6.07, 6.45) is 8.43. The van der Waals surface area contributed by atoms with Gasteiger partial charge in [-0.05, 0) is 44.7 Å². The monoisotopic (exact) mass is 298 g/mol. The molecule has 0 saturated heterocycles. The van der Waals surface area contributed by atoms with Crippen molar-refractivity contribution in [1.82, 2.24) is 15.0 Å². The molecule has 2 heterocycles. The summed E-state index contributed by atoms with van der Waals surface area (Å²) in [5, 5.41) is 3.54. The second kappa shape index (κ2) is 6.83. The van der Waals surface area contributed by atoms with Gasteiger partial charge in [0.25, 0.3) is 0 Å². The number of nitrogens with one attached hydrogen (secondary N) is 1. The van der Waals surface area contributed by atoms with Gasteiger partial charge in [0.05, 0.1) is 6.10 Å². The fourth-order valence-corrected chi connectivity index (χ4v) is 2.97. The van der Waals surface area contributed by atoms with E-state index in [0.717, 1.165) is 42.2 Å². The molecule has 1 N–H and O–H groups in total. The third-order valence-corrected chi connectivity index (χ3v) is 4.09. The van der Waals surface area contributed by atoms with Crippen LogP contribution in [-0.2, 0) is 4.74 Å². The molecule has 116 valence electrons. The Labute approximate surface area is 131 Å². The van der Waals surface area contributed by atoms with Gasteiger partial charge in [-0.2, -0.15) is 0 Å². The Bertz CT molecular complexity index is 617. The molecule has 3 rings (SSSR count). The SMILES string of the molecule is COC1CCCC(Nc2cc(C)nc(-c3cccnc3)n2)C1. The zero-order valence-corrected chi connectivity index (χ0v) is 13.1. The van der Waals surface area contributed by atoms with Crippen molar-refractivity contribution in [1.29, 1.82) is 0 Å². The summed E-state index contributed by atoms with van der Waals surface area (Å²) in [5.41, 5.74) is 1.89. The zero-order chi connectivity index (χ0) is 15.4. The van der Waals surface area contributed by atoms with Crippen LogP contribution in [0.15, 0.2) is 30.6 Å². The Kier molecular flexibility index (Phi) is 4.63. The minimum absolute atomic E-state index is 0.354. The highest BCUT2D eigenvalue weighted by molar-refractivity contribution is 5.56. The predicted octanol–water partition coefficient (Wildman–Crippen LogP) is 3.22. The van der Waals surface area contributed by atoms with Crippen LogP contribution >= 0.6 is 0 Å². The molecule has 1 aliphatic carbocycles. The van der Waals surface area contributed by atoms with Gasteiger partial charge in [0.2, 0.25) is 0 Å². The van der Waals surface area contributed by atoms with Crippen molar-refractivity contribution in [2.45, 2.75) is 44.8 Å². The van der Waals surface area contributed by atoms with Gasteiger partial charge in [0.1, 0.15) is 5.82 Å². The minimum atomic E-state index is 0.354. The number of hydrogen-bond acceptors (Lipinski definition) is 5. The first-order chi connectivity index (χ1) is 10.7. The summed E-state index contributed by atoms with van der Waals surface area (Å²) in [5.74, 6) is 1.60. The molecule has 1 aliphatic rings. The van der Waals surface area contributed by atoms with E-state index in [2.05, 4.69) is 20.3 Å². The lowest BCUT2D eigenvalue weighted by atomic mass is 9.93. The van der Waals surface area contributed by atoms with E-state index in [4.69, 9.17) is 4.74 Å². The molecule has 0 spiro atoms. The van der Waals surface area contributed by atoms with Crippen LogP contribution in [0.2, 0.25) is 0 Å². The Morgan fingerprint density at radius 3 is 2.95 bits per heavy atom. The molecule has 0 aromatic carbocycles. The van der Waals surface area contributed by atoms with Crippen LogP contribution in [0.1, 0.15) is 31.4 Å². The lowest BCUT2D eigenvalue weighted by Gasteiger charge is -2.29. The van der Waals surface area contributed by atoms with Crippen molar-refractivity contribution in [2.75, 3.05) is 12.4 Å². The van der Waals surface area contributed by atoms with Gasteiger partial charge < -0.3 is 10.1 Å². The molecule has 0 bridgehead atoms. The van der Waals surface area contributed by atoms with Crippen LogP contribution in [0, 0.1) is 6.92 Å². The number of anilines is 1. The third kappa shape index (κ3) is 3.60. The molecule has 2 atom stereocenters. The standard InChI is InChI=1S/C17H22N4O/c1-12-9-16(20-14-6-3-7-15(10-14)22-2)21-17(19-12)13-5-4-8-18-11-13/h4-5,8-9,11,14-15H,3,6-7,10H2,1-2H3,(H,19,20,21). The van der Waals surface area contributed by atoms with Crippen LogP contribution in [0.3, 0.4) is 0 Å². The van der Waals surface area contributed by atoms with Crippen LogP contribution < -0.4 is 5.32 Å². The number of nitrogens with zero attached hydrogens (tertiary/aromatic N) is 3. The van der Waals surface area contributed by atoms with Gasteiger partial charge in [-0.15, -0.1) is 0 Å². The first-order valence-electron chi connectivity index (χ1n) is 7.80. The topological polar surface area (TPSA) is 59.9 Å². The van der Waals surface area contributed by atoms with Crippen molar-refractivity contribution >= 4 is 5.82 Å². The van der Waals surface area contributed by atoms with E-state index < -0.39 is 0 Å². The number of aromatic nitrogens is 3. The van der Waals surface area contributed by atoms with E-state index in [9.17, 15) is 0 Å². The van der Waals surface area contributed by atoms with Crippen LogP contribution in [0.5, 0.6) is 0 Å². The van der Waals surface area contributed by atoms with Gasteiger partial charge in [0, 0.05) is 42.9 Å². The molecule has 1 fully saturated rings. The second-order valence-electron chi connectivity index (χ2n) is 5.83. The number of rotatable bonds is 4. The maximum atomic E-state index is 5.49. The van der Waals surface area contributed by atoms with E-state index in [1.807, 2.05) is 25.1 Å². The molecule has 2 aromatic rings. The Hall–Kier alpha value is -2.01. The quantitative estimate of drug-likeness (QED) is 0.939. The van der Waals surface area contributed by atoms with E-state index in [1.165, 1.54) is 6.42 Å². The van der Waals surface area contributed by atoms with Gasteiger partial charge in [-0.3, -0.25) is 4.98 Å². The second-order valence-corrected chi connectivity index (χ2v) is 5.83. The summed E-state index contributed by atoms with van der Waals surface area (Å²) in [4.78, 5) is 13.3. The van der Waals surface area contributed by atoms with Crippen LogP contribution in [0.25, 0.3) is 11.4 Å². The van der Waals surface area contributed by atoms with E-state index in [-0.39, 0.29) is 0 Å². The fraction of sp³-hybridized carbons (Fsp3) is 0.471. The van der Waals surface area contributed by atoms with Gasteiger partial charge >= 0.3 is 0 Å². The molecule has 0 amide bonds. The summed E-state index contributed by atoms with van der Waals surface area (Å²) in [7, 11) is 1.79. The van der Waals surface area contributed by atoms with Crippen molar-refractivity contribution in [2.24, 2.45) is 0 Å². The van der Waals surface area contributed by atoms with Crippen LogP contribution in [0.4, 0.5) is 5.82 Å². The molecule has 2 aromatic heterocycles. The minimum Gasteiger partial charge on any atom is -0.381 e. The first kappa shape index (κ1) is 14.9. The summed E-state index contributed by atoms with van der Waals surface area (Å²) < 4.78 is 5.49. The number of ether oxygens (including phenoxy) is 1. The van der Waals surface area contributed by atoms with Crippen LogP contribution in [-0.4, -0.2) is 34.2 Å². The third-order valence-electron chi connectivity index (χ3n) is 4.09. The average molecular weight is 298 g/mol. The Balaban J connectivity index is 1.78. The molecule has 1 saturated carbocycles. The maximum absolute atomic E-state index is 5.49. The Morgan fingerprint density at radius 1 is 1.27 bits per heavy atom. The Morgan fingerprint density at radius 2 is 2.18 bits per heavy atom. The number of pyridine rings is 1. The van der Waals surface area contributed by atoms with Crippen molar-refractivity contribution in [3.05, 3.63) is 36.3 Å². The highest BCUT2D eigenvalue weighted by Gasteiger charge is 2.22. The molecular formula is C17H22N4O. The van der Waals surface area contributed by atoms with Gasteiger partial charge in [-0.25, -0.2) is 9.97 Å². The lowest BCUT2D eigenvalue weighted by Crippen LogP contribution is -2.31. The summed E-state index contributed by atoms with van der Waals surface area (Å²) in [6.45, 7) is 1.99. The zero-order valence-electron chi connectivity index (χ0n) is 13.1. The largest absolute Gasteiger partial charge is 0.381 e. The predicted molar refractivity (Wildman–Crippen MR) is 86.7 cm³/mol. The first-order valence-corrected chi connectivity index (χ1v) is 7.80. The smallest absolute Gasteiger partial charge is 0.163 e. The van der Waals surface area contributed by atoms with E-state index in [1.54, 1.807) is 19.5 Å². The molecule has 5 heteroatoms. The number of methoxy groups -OCH3 is 1. The van der Waals surface area contributed by atoms with Crippen molar-refractivity contribution in [3.8, 4) is 11.4 Å². The normalized spacial score (nSPS) is 21.5. The molecule has 0 radical (unpaired) electrons. The fourth-order valence-electron chi connectivity index (χ4n) is 2.97. The summed E-state index contributed by atoms with van der Waals surface area (Å²) in [6, 6.07) is 6.29. The lowest BCUT2D eigenvalue weighted by molar-refractivity contribution is 0.0669. The molecule has 2 unspecified atom stereocenters. The van der Waals surface area contributed by atoms with Gasteiger partial charge in [0.15, 0.2) is 5.82 Å². The van der Waals surface area contributed by atoms with Gasteiger partial charge in [-0.1, -0.05) is 0 Å². The molecular weight excluding hydrogens is 276 g/mol. The number of hydrogen-bond donors (Lipinski definition) is 1. The van der Waals surface area contributed by atoms with Crippen molar-refractivity contribution < 1.29 is 4.74 Å². The molecule has 5 nitrogen and oxygen atoms in total.